The second-order valence-electron chi connectivity index (χ2n) is 10.1. The minimum atomic E-state index is -0.00864. The van der Waals surface area contributed by atoms with Crippen molar-refractivity contribution in [2.45, 2.75) is 38.4 Å². The van der Waals surface area contributed by atoms with E-state index in [4.69, 9.17) is 5.10 Å². The Bertz CT molecular complexity index is 1600. The van der Waals surface area contributed by atoms with Gasteiger partial charge in [-0.05, 0) is 24.0 Å². The minimum Gasteiger partial charge on any atom is -0.351 e. The van der Waals surface area contributed by atoms with Gasteiger partial charge in [0.2, 0.25) is 11.9 Å². The molecular formula is C29H27N9O. The Labute approximate surface area is 225 Å². The number of fused-ring (bicyclic) bond motifs is 2. The first-order chi connectivity index (χ1) is 19.2. The van der Waals surface area contributed by atoms with Gasteiger partial charge < -0.3 is 10.2 Å². The lowest BCUT2D eigenvalue weighted by atomic mass is 10.0. The van der Waals surface area contributed by atoms with Crippen LogP contribution in [0, 0.1) is 0 Å². The summed E-state index contributed by atoms with van der Waals surface area (Å²) < 4.78 is 1.71. The summed E-state index contributed by atoms with van der Waals surface area (Å²) in [5.41, 5.74) is 8.07. The highest BCUT2D eigenvalue weighted by Crippen LogP contribution is 2.31. The molecule has 4 heterocycles. The quantitative estimate of drug-likeness (QED) is 0.355. The summed E-state index contributed by atoms with van der Waals surface area (Å²) in [5.74, 6) is 0.600. The Morgan fingerprint density at radius 2 is 1.72 bits per heavy atom. The molecule has 0 radical (unpaired) electrons. The largest absolute Gasteiger partial charge is 0.351 e. The Morgan fingerprint density at radius 1 is 0.974 bits per heavy atom. The summed E-state index contributed by atoms with van der Waals surface area (Å²) in [5, 5.41) is 19.2. The molecule has 0 bridgehead atoms. The van der Waals surface area contributed by atoms with Crippen molar-refractivity contribution in [3.8, 4) is 22.4 Å². The smallest absolute Gasteiger partial charge is 0.244 e. The van der Waals surface area contributed by atoms with Crippen molar-refractivity contribution in [3.05, 3.63) is 95.7 Å². The third-order valence-corrected chi connectivity index (χ3v) is 7.48. The van der Waals surface area contributed by atoms with Crippen LogP contribution < -0.4 is 5.32 Å². The molecule has 0 spiro atoms. The van der Waals surface area contributed by atoms with Crippen LogP contribution in [0.1, 0.15) is 22.5 Å². The highest BCUT2D eigenvalue weighted by atomic mass is 16.2. The fourth-order valence-corrected chi connectivity index (χ4v) is 5.46. The molecule has 1 aliphatic heterocycles. The lowest BCUT2D eigenvalue weighted by Gasteiger charge is -2.25. The van der Waals surface area contributed by atoms with E-state index in [2.05, 4.69) is 55.0 Å². The maximum absolute atomic E-state index is 13.2. The number of carbonyl (C=O) groups excluding carboxylic acids is 1. The van der Waals surface area contributed by atoms with Gasteiger partial charge >= 0.3 is 0 Å². The summed E-state index contributed by atoms with van der Waals surface area (Å²) in [4.78, 5) is 24.2. The van der Waals surface area contributed by atoms with Gasteiger partial charge in [-0.15, -0.1) is 5.10 Å². The Morgan fingerprint density at radius 3 is 2.49 bits per heavy atom. The Hall–Kier alpha value is -4.86. The van der Waals surface area contributed by atoms with Crippen LogP contribution >= 0.6 is 0 Å². The maximum atomic E-state index is 13.2. The van der Waals surface area contributed by atoms with Crippen molar-refractivity contribution in [1.29, 1.82) is 0 Å². The number of aromatic amines is 1. The number of rotatable bonds is 6. The molecule has 2 aliphatic rings. The second kappa shape index (κ2) is 9.79. The highest BCUT2D eigenvalue weighted by Gasteiger charge is 2.25. The van der Waals surface area contributed by atoms with Gasteiger partial charge in [0.25, 0.3) is 0 Å². The first-order valence-electron chi connectivity index (χ1n) is 13.1. The third kappa shape index (κ3) is 4.65. The standard InChI is InChI=1S/C29H27N9O/c39-27(37-11-10-25-26(17-37)34-36-33-25)18-38-16-24(28(35-38)19-6-2-1-3-7-19)22-14-30-29(31-15-22)32-23-12-20-8-4-5-9-21(20)13-23/h1-9,14-16,23H,10-13,17-18H2,(H,30,31,32)(H,33,34,36). The Kier molecular flexibility index (Phi) is 5.84. The summed E-state index contributed by atoms with van der Waals surface area (Å²) in [6.45, 7) is 1.22. The van der Waals surface area contributed by atoms with E-state index in [9.17, 15) is 4.79 Å². The predicted octanol–water partition coefficient (Wildman–Crippen LogP) is 3.29. The van der Waals surface area contributed by atoms with Crippen LogP contribution in [0.25, 0.3) is 22.4 Å². The van der Waals surface area contributed by atoms with Gasteiger partial charge in [0.15, 0.2) is 0 Å². The van der Waals surface area contributed by atoms with E-state index in [-0.39, 0.29) is 18.5 Å². The zero-order valence-corrected chi connectivity index (χ0v) is 21.3. The van der Waals surface area contributed by atoms with Gasteiger partial charge in [0.1, 0.15) is 17.9 Å². The van der Waals surface area contributed by atoms with Crippen molar-refractivity contribution in [2.24, 2.45) is 0 Å². The zero-order valence-electron chi connectivity index (χ0n) is 21.3. The molecule has 0 unspecified atom stereocenters. The second-order valence-corrected chi connectivity index (χ2v) is 10.1. The molecule has 2 N–H and O–H groups in total. The number of H-pyrrole nitrogens is 1. The van der Waals surface area contributed by atoms with Gasteiger partial charge in [-0.25, -0.2) is 9.97 Å². The van der Waals surface area contributed by atoms with Crippen LogP contribution in [0.15, 0.2) is 73.2 Å². The molecule has 10 nitrogen and oxygen atoms in total. The lowest BCUT2D eigenvalue weighted by molar-refractivity contribution is -0.133. The van der Waals surface area contributed by atoms with Crippen LogP contribution in [0.5, 0.6) is 0 Å². The van der Waals surface area contributed by atoms with Crippen LogP contribution in [-0.2, 0) is 37.1 Å². The fourth-order valence-electron chi connectivity index (χ4n) is 5.46. The normalized spacial score (nSPS) is 14.7. The number of amides is 1. The highest BCUT2D eigenvalue weighted by molar-refractivity contribution is 5.81. The molecule has 1 amide bonds. The number of benzene rings is 2. The van der Waals surface area contributed by atoms with Crippen LogP contribution in [0.4, 0.5) is 5.95 Å². The SMILES string of the molecule is O=C(Cn1cc(-c2cnc(NC3Cc4ccccc4C3)nc2)c(-c2ccccc2)n1)N1CCc2[nH]nnc2C1. The molecule has 0 fully saturated rings. The van der Waals surface area contributed by atoms with E-state index >= 15 is 0 Å². The van der Waals surface area contributed by atoms with Gasteiger partial charge in [-0.1, -0.05) is 59.8 Å². The summed E-state index contributed by atoms with van der Waals surface area (Å²) in [6, 6.07) is 18.8. The number of hydrogen-bond donors (Lipinski definition) is 2. The first-order valence-corrected chi connectivity index (χ1v) is 13.1. The van der Waals surface area contributed by atoms with Gasteiger partial charge in [-0.3, -0.25) is 14.6 Å². The number of nitrogens with zero attached hydrogens (tertiary/aromatic N) is 7. The van der Waals surface area contributed by atoms with Crippen molar-refractivity contribution >= 4 is 11.9 Å². The average molecular weight is 518 g/mol. The van der Waals surface area contributed by atoms with Crippen LogP contribution in [-0.4, -0.2) is 58.6 Å². The molecule has 2 aromatic carbocycles. The van der Waals surface area contributed by atoms with Crippen molar-refractivity contribution in [3.63, 3.8) is 0 Å². The zero-order chi connectivity index (χ0) is 26.2. The molecule has 1 aliphatic carbocycles. The van der Waals surface area contributed by atoms with Gasteiger partial charge in [-0.2, -0.15) is 5.10 Å². The number of nitrogens with one attached hydrogen (secondary N) is 2. The van der Waals surface area contributed by atoms with Crippen LogP contribution in [0.3, 0.4) is 0 Å². The number of aromatic nitrogens is 7. The molecule has 7 rings (SSSR count). The molecular weight excluding hydrogens is 490 g/mol. The van der Waals surface area contributed by atoms with Gasteiger partial charge in [0, 0.05) is 54.3 Å². The predicted molar refractivity (Wildman–Crippen MR) is 145 cm³/mol. The monoisotopic (exact) mass is 517 g/mol. The van der Waals surface area contributed by atoms with Crippen molar-refractivity contribution in [1.82, 2.24) is 40.1 Å². The molecule has 0 atom stereocenters. The lowest BCUT2D eigenvalue weighted by Crippen LogP contribution is -2.38. The number of hydrogen-bond acceptors (Lipinski definition) is 7. The van der Waals surface area contributed by atoms with E-state index < -0.39 is 0 Å². The molecule has 39 heavy (non-hydrogen) atoms. The molecule has 194 valence electrons. The van der Waals surface area contributed by atoms with E-state index in [0.29, 0.717) is 19.0 Å². The summed E-state index contributed by atoms with van der Waals surface area (Å²) in [7, 11) is 0. The van der Waals surface area contributed by atoms with E-state index in [1.165, 1.54) is 11.1 Å². The average Bonchev–Trinajstić information content (AvgIpc) is 3.71. The van der Waals surface area contributed by atoms with Crippen molar-refractivity contribution < 1.29 is 4.79 Å². The molecule has 0 saturated carbocycles. The first kappa shape index (κ1) is 23.3. The minimum absolute atomic E-state index is 0.00864. The maximum Gasteiger partial charge on any atom is 0.244 e. The topological polar surface area (TPSA) is 118 Å². The van der Waals surface area contributed by atoms with E-state index in [0.717, 1.165) is 53.0 Å². The number of anilines is 1. The van der Waals surface area contributed by atoms with Crippen molar-refractivity contribution in [2.75, 3.05) is 11.9 Å². The molecule has 5 aromatic rings. The molecule has 10 heteroatoms. The fraction of sp³-hybridized carbons (Fsp3) is 0.241. The Balaban J connectivity index is 1.11. The van der Waals surface area contributed by atoms with E-state index in [1.54, 1.807) is 9.58 Å². The van der Waals surface area contributed by atoms with E-state index in [1.807, 2.05) is 48.9 Å². The number of carbonyl (C=O) groups is 1. The third-order valence-electron chi connectivity index (χ3n) is 7.48. The molecule has 0 saturated heterocycles. The summed E-state index contributed by atoms with van der Waals surface area (Å²) in [6.07, 6.45) is 8.21. The van der Waals surface area contributed by atoms with Gasteiger partial charge in [0.05, 0.1) is 12.2 Å². The summed E-state index contributed by atoms with van der Waals surface area (Å²) >= 11 is 0. The molecule has 3 aromatic heterocycles. The van der Waals surface area contributed by atoms with Crippen LogP contribution in [0.2, 0.25) is 0 Å².